The van der Waals surface area contributed by atoms with Crippen molar-refractivity contribution < 1.29 is 17.9 Å². The normalized spacial score (nSPS) is 22.0. The van der Waals surface area contributed by atoms with E-state index in [9.17, 15) is 13.2 Å². The van der Waals surface area contributed by atoms with Crippen molar-refractivity contribution >= 4 is 15.9 Å². The molecule has 3 heterocycles. The zero-order chi connectivity index (χ0) is 20.1. The molecule has 0 radical (unpaired) electrons. The number of hydrogen-bond acceptors (Lipinski definition) is 6. The summed E-state index contributed by atoms with van der Waals surface area (Å²) in [6.07, 6.45) is 7.29. The van der Waals surface area contributed by atoms with E-state index in [1.54, 1.807) is 21.4 Å². The molecule has 9 nitrogen and oxygen atoms in total. The number of ether oxygens (including phenoxy) is 1. The number of sulfonamides is 1. The first-order valence-corrected chi connectivity index (χ1v) is 11.8. The molecule has 0 aromatic carbocycles. The van der Waals surface area contributed by atoms with Gasteiger partial charge in [-0.3, -0.25) is 14.4 Å². The van der Waals surface area contributed by atoms with Gasteiger partial charge in [0.2, 0.25) is 10.0 Å². The summed E-state index contributed by atoms with van der Waals surface area (Å²) in [5.74, 6) is -0.129. The molecule has 1 N–H and O–H groups in total. The van der Waals surface area contributed by atoms with Gasteiger partial charge < -0.3 is 10.1 Å². The number of aromatic nitrogens is 2. The van der Waals surface area contributed by atoms with E-state index in [-0.39, 0.29) is 11.9 Å². The van der Waals surface area contributed by atoms with Crippen molar-refractivity contribution in [2.24, 2.45) is 0 Å². The molecule has 1 aromatic rings. The van der Waals surface area contributed by atoms with Gasteiger partial charge in [-0.15, -0.1) is 0 Å². The Kier molecular flexibility index (Phi) is 7.08. The van der Waals surface area contributed by atoms with E-state index < -0.39 is 10.0 Å². The maximum atomic E-state index is 12.3. The van der Waals surface area contributed by atoms with E-state index >= 15 is 0 Å². The van der Waals surface area contributed by atoms with Crippen LogP contribution in [0.2, 0.25) is 0 Å². The second-order valence-electron chi connectivity index (χ2n) is 7.49. The molecule has 3 rings (SSSR count). The van der Waals surface area contributed by atoms with Crippen molar-refractivity contribution in [3.05, 3.63) is 18.0 Å². The van der Waals surface area contributed by atoms with E-state index in [2.05, 4.69) is 15.3 Å². The molecule has 0 aliphatic carbocycles. The molecule has 2 aliphatic heterocycles. The number of hydrogen-bond donors (Lipinski definition) is 1. The average Bonchev–Trinajstić information content (AvgIpc) is 3.35. The number of amides is 1. The zero-order valence-electron chi connectivity index (χ0n) is 16.7. The van der Waals surface area contributed by atoms with Gasteiger partial charge in [-0.1, -0.05) is 0 Å². The monoisotopic (exact) mass is 413 g/mol. The van der Waals surface area contributed by atoms with E-state index in [0.717, 1.165) is 39.0 Å². The summed E-state index contributed by atoms with van der Waals surface area (Å²) >= 11 is 0. The third-order valence-electron chi connectivity index (χ3n) is 5.60. The van der Waals surface area contributed by atoms with Crippen LogP contribution < -0.4 is 5.32 Å². The Labute approximate surface area is 167 Å². The number of carbonyl (C=O) groups excluding carboxylic acids is 1. The van der Waals surface area contributed by atoms with E-state index in [1.807, 2.05) is 6.92 Å². The molecule has 1 amide bonds. The van der Waals surface area contributed by atoms with Gasteiger partial charge in [0.1, 0.15) is 0 Å². The summed E-state index contributed by atoms with van der Waals surface area (Å²) in [7, 11) is -3.17. The Bertz CT molecular complexity index is 760. The van der Waals surface area contributed by atoms with Crippen molar-refractivity contribution in [3.8, 4) is 0 Å². The van der Waals surface area contributed by atoms with E-state index in [4.69, 9.17) is 4.74 Å². The van der Waals surface area contributed by atoms with Crippen molar-refractivity contribution in [1.82, 2.24) is 24.3 Å². The Balaban J connectivity index is 1.59. The van der Waals surface area contributed by atoms with Gasteiger partial charge in [-0.2, -0.15) is 5.10 Å². The predicted molar refractivity (Wildman–Crippen MR) is 106 cm³/mol. The standard InChI is InChI=1S/C18H31N5O4S/c1-3-21-13-15(12-20-21)18(24)19-7-9-23(16-5-10-27-11-6-16)17-4-8-22(14-17)28(2,25)26/h12-13,16-17H,3-11,14H2,1-2H3,(H,19,24). The van der Waals surface area contributed by atoms with Crippen LogP contribution in [0.3, 0.4) is 0 Å². The molecule has 0 spiro atoms. The molecule has 10 heteroatoms. The van der Waals surface area contributed by atoms with E-state index in [1.165, 1.54) is 6.26 Å². The summed E-state index contributed by atoms with van der Waals surface area (Å²) in [5.41, 5.74) is 0.559. The van der Waals surface area contributed by atoms with Crippen LogP contribution >= 0.6 is 0 Å². The van der Waals surface area contributed by atoms with Crippen LogP contribution in [0.5, 0.6) is 0 Å². The highest BCUT2D eigenvalue weighted by molar-refractivity contribution is 7.88. The summed E-state index contributed by atoms with van der Waals surface area (Å²) in [6.45, 7) is 6.45. The lowest BCUT2D eigenvalue weighted by molar-refractivity contribution is 0.0194. The van der Waals surface area contributed by atoms with Crippen LogP contribution in [0.15, 0.2) is 12.4 Å². The van der Waals surface area contributed by atoms with Gasteiger partial charge in [-0.05, 0) is 26.2 Å². The number of nitrogens with zero attached hydrogens (tertiary/aromatic N) is 4. The lowest BCUT2D eigenvalue weighted by Gasteiger charge is -2.38. The predicted octanol–water partition coefficient (Wildman–Crippen LogP) is 0.148. The second-order valence-corrected chi connectivity index (χ2v) is 9.47. The van der Waals surface area contributed by atoms with Crippen LogP contribution in [0, 0.1) is 0 Å². The highest BCUT2D eigenvalue weighted by atomic mass is 32.2. The molecule has 2 aliphatic rings. The van der Waals surface area contributed by atoms with Crippen LogP contribution in [0.25, 0.3) is 0 Å². The minimum atomic E-state index is -3.17. The Morgan fingerprint density at radius 1 is 1.32 bits per heavy atom. The second kappa shape index (κ2) is 9.34. The van der Waals surface area contributed by atoms with Gasteiger partial charge in [0, 0.05) is 64.2 Å². The van der Waals surface area contributed by atoms with Gasteiger partial charge in [0.05, 0.1) is 18.0 Å². The fourth-order valence-corrected chi connectivity index (χ4v) is 4.90. The van der Waals surface area contributed by atoms with E-state index in [0.29, 0.717) is 37.8 Å². The molecular weight excluding hydrogens is 382 g/mol. The van der Waals surface area contributed by atoms with Crippen molar-refractivity contribution in [2.75, 3.05) is 45.6 Å². The largest absolute Gasteiger partial charge is 0.381 e. The fourth-order valence-electron chi connectivity index (χ4n) is 4.02. The lowest BCUT2D eigenvalue weighted by atomic mass is 10.0. The first-order valence-electron chi connectivity index (χ1n) is 9.97. The molecule has 0 bridgehead atoms. The highest BCUT2D eigenvalue weighted by Crippen LogP contribution is 2.24. The summed E-state index contributed by atoms with van der Waals surface area (Å²) in [6, 6.07) is 0.538. The third-order valence-corrected chi connectivity index (χ3v) is 6.87. The Hall–Kier alpha value is -1.49. The quantitative estimate of drug-likeness (QED) is 0.652. The Morgan fingerprint density at radius 3 is 2.68 bits per heavy atom. The minimum Gasteiger partial charge on any atom is -0.381 e. The topological polar surface area (TPSA) is 96.8 Å². The molecule has 2 saturated heterocycles. The maximum Gasteiger partial charge on any atom is 0.254 e. The number of aryl methyl sites for hydroxylation is 1. The van der Waals surface area contributed by atoms with Crippen LogP contribution in [-0.4, -0.2) is 91.0 Å². The lowest BCUT2D eigenvalue weighted by Crippen LogP contribution is -2.50. The molecule has 1 unspecified atom stereocenters. The fraction of sp³-hybridized carbons (Fsp3) is 0.778. The van der Waals surface area contributed by atoms with Crippen LogP contribution in [0.4, 0.5) is 0 Å². The molecule has 2 fully saturated rings. The molecule has 1 atom stereocenters. The van der Waals surface area contributed by atoms with Gasteiger partial charge in [-0.25, -0.2) is 12.7 Å². The first kappa shape index (κ1) is 21.2. The SMILES string of the molecule is CCn1cc(C(=O)NCCN(C2CCOCC2)C2CCN(S(C)(=O)=O)C2)cn1. The number of rotatable bonds is 8. The Morgan fingerprint density at radius 2 is 2.07 bits per heavy atom. The molecule has 0 saturated carbocycles. The van der Waals surface area contributed by atoms with Crippen LogP contribution in [-0.2, 0) is 21.3 Å². The smallest absolute Gasteiger partial charge is 0.254 e. The molecule has 1 aromatic heterocycles. The zero-order valence-corrected chi connectivity index (χ0v) is 17.5. The van der Waals surface area contributed by atoms with Crippen molar-refractivity contribution in [2.45, 2.75) is 44.8 Å². The summed E-state index contributed by atoms with van der Waals surface area (Å²) in [4.78, 5) is 14.7. The minimum absolute atomic E-state index is 0.129. The average molecular weight is 414 g/mol. The van der Waals surface area contributed by atoms with Gasteiger partial charge in [0.25, 0.3) is 5.91 Å². The maximum absolute atomic E-state index is 12.3. The third kappa shape index (κ3) is 5.31. The molecular formula is C18H31N5O4S. The summed E-state index contributed by atoms with van der Waals surface area (Å²) in [5, 5.41) is 7.11. The van der Waals surface area contributed by atoms with Crippen molar-refractivity contribution in [3.63, 3.8) is 0 Å². The van der Waals surface area contributed by atoms with Crippen molar-refractivity contribution in [1.29, 1.82) is 0 Å². The summed E-state index contributed by atoms with van der Waals surface area (Å²) < 4.78 is 32.5. The highest BCUT2D eigenvalue weighted by Gasteiger charge is 2.35. The van der Waals surface area contributed by atoms with Crippen LogP contribution in [0.1, 0.15) is 36.5 Å². The van der Waals surface area contributed by atoms with Gasteiger partial charge in [0.15, 0.2) is 0 Å². The molecule has 158 valence electrons. The first-order chi connectivity index (χ1) is 13.4. The van der Waals surface area contributed by atoms with Gasteiger partial charge >= 0.3 is 0 Å². The number of carbonyl (C=O) groups is 1. The number of nitrogens with one attached hydrogen (secondary N) is 1. The molecule has 28 heavy (non-hydrogen) atoms.